The summed E-state index contributed by atoms with van der Waals surface area (Å²) in [5, 5.41) is 6.68. The van der Waals surface area contributed by atoms with Crippen LogP contribution in [-0.2, 0) is 9.59 Å². The number of fused-ring (bicyclic) bond motifs is 10. The largest absolute Gasteiger partial charge is 0.353 e. The van der Waals surface area contributed by atoms with Crippen molar-refractivity contribution < 1.29 is 9.59 Å². The minimum atomic E-state index is -0.314. The van der Waals surface area contributed by atoms with Crippen LogP contribution in [0.3, 0.4) is 0 Å². The first-order valence-corrected chi connectivity index (χ1v) is 19.7. The highest BCUT2D eigenvalue weighted by atomic mass is 16.2. The molecule has 8 rings (SSSR count). The molecule has 6 nitrogen and oxygen atoms in total. The predicted octanol–water partition coefficient (Wildman–Crippen LogP) is 8.17. The van der Waals surface area contributed by atoms with Crippen LogP contribution in [0.5, 0.6) is 0 Å². The minimum Gasteiger partial charge on any atom is -0.353 e. The lowest BCUT2D eigenvalue weighted by Crippen LogP contribution is -2.46. The Balaban J connectivity index is 0.719. The Bertz CT molecular complexity index is 1290. The Morgan fingerprint density at radius 3 is 1.17 bits per heavy atom. The zero-order valence-corrected chi connectivity index (χ0v) is 29.4. The summed E-state index contributed by atoms with van der Waals surface area (Å²) in [5.41, 5.74) is 6.30. The summed E-state index contributed by atoms with van der Waals surface area (Å²) in [6.45, 7) is 6.28. The maximum absolute atomic E-state index is 13.3. The Morgan fingerprint density at radius 2 is 0.854 bits per heavy atom. The number of benzene rings is 2. The van der Waals surface area contributed by atoms with Gasteiger partial charge in [0, 0.05) is 48.1 Å². The van der Waals surface area contributed by atoms with Crippen LogP contribution >= 0.6 is 0 Å². The predicted molar refractivity (Wildman–Crippen MR) is 191 cm³/mol. The number of nitrogens with zero attached hydrogens (tertiary/aromatic N) is 2. The van der Waals surface area contributed by atoms with Gasteiger partial charge in [0.05, 0.1) is 0 Å². The van der Waals surface area contributed by atoms with E-state index < -0.39 is 0 Å². The topological polar surface area (TPSA) is 64.7 Å². The van der Waals surface area contributed by atoms with Crippen LogP contribution in [0.4, 0.5) is 0 Å². The van der Waals surface area contributed by atoms with Crippen LogP contribution in [-0.4, -0.2) is 46.8 Å². The highest BCUT2D eigenvalue weighted by molar-refractivity contribution is 5.87. The second-order valence-electron chi connectivity index (χ2n) is 16.6. The molecular formula is C42H58N4O2. The van der Waals surface area contributed by atoms with Crippen molar-refractivity contribution in [3.63, 3.8) is 0 Å². The van der Waals surface area contributed by atoms with Crippen LogP contribution in [0.2, 0.25) is 0 Å². The van der Waals surface area contributed by atoms with Crippen LogP contribution in [0.25, 0.3) is 0 Å². The molecule has 2 saturated heterocycles. The summed E-state index contributed by atoms with van der Waals surface area (Å²) in [6.07, 6.45) is 16.8. The molecule has 2 aliphatic carbocycles. The Labute approximate surface area is 288 Å². The third-order valence-electron chi connectivity index (χ3n) is 14.0. The van der Waals surface area contributed by atoms with Crippen LogP contribution in [0.15, 0.2) is 48.5 Å². The normalized spacial score (nSPS) is 33.6. The van der Waals surface area contributed by atoms with Gasteiger partial charge in [0.15, 0.2) is 0 Å². The number of carbonyl (C=O) groups is 2. The molecule has 4 aliphatic heterocycles. The first-order chi connectivity index (χ1) is 23.4. The molecule has 6 atom stereocenters. The maximum atomic E-state index is 13.3. The Kier molecular flexibility index (Phi) is 9.41. The maximum Gasteiger partial charge on any atom is 0.223 e. The smallest absolute Gasteiger partial charge is 0.223 e. The monoisotopic (exact) mass is 650 g/mol. The van der Waals surface area contributed by atoms with Crippen molar-refractivity contribution in [1.82, 2.24) is 20.4 Å². The van der Waals surface area contributed by atoms with Crippen molar-refractivity contribution in [2.75, 3.05) is 13.1 Å². The SMILES string of the molecule is CC(C(=O)NC1CCC(CCN2[C@@H]3CC[C@H]2c2ccccc23)CC1)C(C)C(=O)NC1CCC(CCN2[C@@H]3CC[C@H]2c2ccccc23)CC1. The van der Waals surface area contributed by atoms with E-state index in [-0.39, 0.29) is 35.7 Å². The fraction of sp³-hybridized carbons (Fsp3) is 0.667. The van der Waals surface area contributed by atoms with Crippen molar-refractivity contribution in [3.05, 3.63) is 70.8 Å². The van der Waals surface area contributed by atoms with Crippen LogP contribution in [0.1, 0.15) is 150 Å². The molecule has 6 aliphatic rings. The molecule has 2 N–H and O–H groups in total. The lowest BCUT2D eigenvalue weighted by Gasteiger charge is -2.33. The summed E-state index contributed by atoms with van der Waals surface area (Å²) < 4.78 is 0. The average molecular weight is 651 g/mol. The molecule has 258 valence electrons. The third-order valence-corrected chi connectivity index (χ3v) is 14.0. The van der Waals surface area contributed by atoms with Crippen molar-refractivity contribution in [2.24, 2.45) is 23.7 Å². The van der Waals surface area contributed by atoms with Gasteiger partial charge in [0.2, 0.25) is 11.8 Å². The first kappa shape index (κ1) is 32.5. The molecule has 0 radical (unpaired) electrons. The van der Waals surface area contributed by atoms with Gasteiger partial charge < -0.3 is 10.6 Å². The molecular weight excluding hydrogens is 592 g/mol. The average Bonchev–Trinajstić information content (AvgIpc) is 3.88. The third kappa shape index (κ3) is 6.25. The summed E-state index contributed by atoms with van der Waals surface area (Å²) in [7, 11) is 0. The number of carbonyl (C=O) groups excluding carboxylic acids is 2. The fourth-order valence-corrected chi connectivity index (χ4v) is 10.9. The van der Waals surface area contributed by atoms with Gasteiger partial charge in [-0.3, -0.25) is 19.4 Å². The molecule has 0 spiro atoms. The van der Waals surface area contributed by atoms with E-state index >= 15 is 0 Å². The number of rotatable bonds is 11. The Morgan fingerprint density at radius 1 is 0.542 bits per heavy atom. The second kappa shape index (κ2) is 13.9. The van der Waals surface area contributed by atoms with Gasteiger partial charge in [-0.1, -0.05) is 62.4 Å². The standard InChI is InChI=1S/C42H58N4O2/c1-27(41(47)43-31-15-11-29(12-16-31)23-25-45-37-19-20-38(45)34-8-4-3-7-33(34)37)28(2)42(48)44-32-17-13-30(14-18-32)24-26-46-39-21-22-40(46)36-10-6-5-9-35(36)39/h3-10,27-32,37-40H,11-26H2,1-2H3,(H,43,47)(H,44,48)/t27?,28?,29?,30?,31?,32?,37-,38+,39-,40+. The molecule has 4 fully saturated rings. The van der Waals surface area contributed by atoms with Crippen molar-refractivity contribution in [3.8, 4) is 0 Å². The van der Waals surface area contributed by atoms with Gasteiger partial charge in [0.1, 0.15) is 0 Å². The van der Waals surface area contributed by atoms with E-state index in [0.717, 1.165) is 37.5 Å². The molecule has 2 aromatic rings. The lowest BCUT2D eigenvalue weighted by atomic mass is 9.83. The van der Waals surface area contributed by atoms with Gasteiger partial charge in [0.25, 0.3) is 0 Å². The van der Waals surface area contributed by atoms with E-state index in [4.69, 9.17) is 0 Å². The molecule has 4 heterocycles. The van der Waals surface area contributed by atoms with Crippen molar-refractivity contribution in [1.29, 1.82) is 0 Å². The molecule has 2 unspecified atom stereocenters. The van der Waals surface area contributed by atoms with Gasteiger partial charge in [-0.05, 0) is 137 Å². The highest BCUT2D eigenvalue weighted by Crippen LogP contribution is 2.54. The zero-order chi connectivity index (χ0) is 32.8. The summed E-state index contributed by atoms with van der Waals surface area (Å²) in [6, 6.07) is 21.2. The molecule has 6 heteroatoms. The second-order valence-corrected chi connectivity index (χ2v) is 16.6. The highest BCUT2D eigenvalue weighted by Gasteiger charge is 2.44. The van der Waals surface area contributed by atoms with E-state index in [1.54, 1.807) is 22.3 Å². The van der Waals surface area contributed by atoms with Gasteiger partial charge in [-0.2, -0.15) is 0 Å². The molecule has 2 aromatic carbocycles. The van der Waals surface area contributed by atoms with Gasteiger partial charge >= 0.3 is 0 Å². The van der Waals surface area contributed by atoms with Crippen LogP contribution in [0, 0.1) is 23.7 Å². The number of amides is 2. The van der Waals surface area contributed by atoms with E-state index in [9.17, 15) is 9.59 Å². The number of hydrogen-bond donors (Lipinski definition) is 2. The first-order valence-electron chi connectivity index (χ1n) is 19.7. The number of nitrogens with one attached hydrogen (secondary N) is 2. The van der Waals surface area contributed by atoms with E-state index in [2.05, 4.69) is 69.0 Å². The Hall–Kier alpha value is -2.70. The lowest BCUT2D eigenvalue weighted by molar-refractivity contribution is -0.134. The minimum absolute atomic E-state index is 0.0502. The zero-order valence-electron chi connectivity index (χ0n) is 29.4. The van der Waals surface area contributed by atoms with Crippen molar-refractivity contribution in [2.45, 2.75) is 140 Å². The quantitative estimate of drug-likeness (QED) is 0.258. The van der Waals surface area contributed by atoms with E-state index in [0.29, 0.717) is 24.2 Å². The molecule has 48 heavy (non-hydrogen) atoms. The molecule has 4 bridgehead atoms. The summed E-state index contributed by atoms with van der Waals surface area (Å²) in [4.78, 5) is 32.1. The molecule has 2 amide bonds. The van der Waals surface area contributed by atoms with E-state index in [1.165, 1.54) is 77.3 Å². The van der Waals surface area contributed by atoms with Gasteiger partial charge in [-0.15, -0.1) is 0 Å². The number of hydrogen-bond acceptors (Lipinski definition) is 4. The summed E-state index contributed by atoms with van der Waals surface area (Å²) in [5.74, 6) is 0.984. The fourth-order valence-electron chi connectivity index (χ4n) is 10.9. The summed E-state index contributed by atoms with van der Waals surface area (Å²) >= 11 is 0. The van der Waals surface area contributed by atoms with Crippen LogP contribution < -0.4 is 10.6 Å². The van der Waals surface area contributed by atoms with E-state index in [1.807, 2.05) is 13.8 Å². The molecule has 0 aromatic heterocycles. The van der Waals surface area contributed by atoms with Gasteiger partial charge in [-0.25, -0.2) is 0 Å². The molecule has 2 saturated carbocycles. The van der Waals surface area contributed by atoms with Crippen molar-refractivity contribution >= 4 is 11.8 Å².